The zero-order chi connectivity index (χ0) is 20.4. The molecular formula is C21H22N2O6. The van der Waals surface area contributed by atoms with Gasteiger partial charge in [0.15, 0.2) is 23.0 Å². The van der Waals surface area contributed by atoms with Gasteiger partial charge in [-0.3, -0.25) is 9.59 Å². The fourth-order valence-corrected chi connectivity index (χ4v) is 3.51. The predicted molar refractivity (Wildman–Crippen MR) is 104 cm³/mol. The molecule has 1 unspecified atom stereocenters. The van der Waals surface area contributed by atoms with Crippen molar-refractivity contribution < 1.29 is 28.5 Å². The van der Waals surface area contributed by atoms with Crippen LogP contribution in [0.1, 0.15) is 12.0 Å². The number of rotatable bonds is 6. The van der Waals surface area contributed by atoms with E-state index in [4.69, 9.17) is 18.9 Å². The van der Waals surface area contributed by atoms with E-state index in [0.717, 1.165) is 5.56 Å². The van der Waals surface area contributed by atoms with Crippen LogP contribution in [0.15, 0.2) is 36.4 Å². The molecular weight excluding hydrogens is 376 g/mol. The van der Waals surface area contributed by atoms with Gasteiger partial charge >= 0.3 is 0 Å². The van der Waals surface area contributed by atoms with Gasteiger partial charge in [0.05, 0.1) is 20.1 Å². The molecule has 0 radical (unpaired) electrons. The molecule has 2 aliphatic heterocycles. The molecule has 0 bridgehead atoms. The molecule has 0 saturated carbocycles. The van der Waals surface area contributed by atoms with Gasteiger partial charge in [-0.2, -0.15) is 0 Å². The standard InChI is InChI=1S/C21H22N2O6/c1-26-16-5-3-13(7-18(16)27-2)10-22-21(25)14-8-20(24)23(11-14)15-4-6-17-19(9-15)29-12-28-17/h3-7,9,14H,8,10-12H2,1-2H3,(H,22,25). The summed E-state index contributed by atoms with van der Waals surface area (Å²) in [5, 5.41) is 2.91. The molecule has 0 aromatic heterocycles. The Morgan fingerprint density at radius 1 is 1.10 bits per heavy atom. The SMILES string of the molecule is COc1ccc(CNC(=O)C2CC(=O)N(c3ccc4c(c3)OCO4)C2)cc1OC. The van der Waals surface area contributed by atoms with Gasteiger partial charge < -0.3 is 29.2 Å². The Bertz CT molecular complexity index is 945. The largest absolute Gasteiger partial charge is 0.493 e. The van der Waals surface area contributed by atoms with E-state index < -0.39 is 5.92 Å². The Morgan fingerprint density at radius 2 is 1.90 bits per heavy atom. The summed E-state index contributed by atoms with van der Waals surface area (Å²) in [5.74, 6) is 1.84. The van der Waals surface area contributed by atoms with Crippen molar-refractivity contribution in [1.29, 1.82) is 0 Å². The number of hydrogen-bond acceptors (Lipinski definition) is 6. The van der Waals surface area contributed by atoms with E-state index in [1.807, 2.05) is 12.1 Å². The number of carbonyl (C=O) groups excluding carboxylic acids is 2. The first kappa shape index (κ1) is 18.9. The minimum atomic E-state index is -0.409. The summed E-state index contributed by atoms with van der Waals surface area (Å²) in [7, 11) is 3.14. The fourth-order valence-electron chi connectivity index (χ4n) is 3.51. The van der Waals surface area contributed by atoms with E-state index in [9.17, 15) is 9.59 Å². The highest BCUT2D eigenvalue weighted by molar-refractivity contribution is 6.00. The van der Waals surface area contributed by atoms with Crippen LogP contribution in [0.4, 0.5) is 5.69 Å². The molecule has 2 amide bonds. The third kappa shape index (κ3) is 3.78. The maximum atomic E-state index is 12.6. The Morgan fingerprint density at radius 3 is 2.69 bits per heavy atom. The minimum Gasteiger partial charge on any atom is -0.493 e. The van der Waals surface area contributed by atoms with Crippen molar-refractivity contribution in [2.45, 2.75) is 13.0 Å². The van der Waals surface area contributed by atoms with Crippen LogP contribution in [0.2, 0.25) is 0 Å². The van der Waals surface area contributed by atoms with Crippen molar-refractivity contribution in [3.63, 3.8) is 0 Å². The van der Waals surface area contributed by atoms with Crippen molar-refractivity contribution in [2.75, 3.05) is 32.5 Å². The second kappa shape index (κ2) is 7.90. The third-order valence-corrected chi connectivity index (χ3v) is 5.08. The van der Waals surface area contributed by atoms with E-state index >= 15 is 0 Å². The number of carbonyl (C=O) groups is 2. The highest BCUT2D eigenvalue weighted by atomic mass is 16.7. The van der Waals surface area contributed by atoms with Crippen LogP contribution in [0.5, 0.6) is 23.0 Å². The average molecular weight is 398 g/mol. The van der Waals surface area contributed by atoms with E-state index in [1.54, 1.807) is 43.4 Å². The van der Waals surface area contributed by atoms with Crippen LogP contribution in [0.25, 0.3) is 0 Å². The number of benzene rings is 2. The van der Waals surface area contributed by atoms with E-state index in [-0.39, 0.29) is 25.0 Å². The molecule has 8 heteroatoms. The van der Waals surface area contributed by atoms with Crippen LogP contribution in [0, 0.1) is 5.92 Å². The van der Waals surface area contributed by atoms with Crippen LogP contribution in [-0.4, -0.2) is 39.4 Å². The summed E-state index contributed by atoms with van der Waals surface area (Å²) in [6.07, 6.45) is 0.173. The summed E-state index contributed by atoms with van der Waals surface area (Å²) >= 11 is 0. The fraction of sp³-hybridized carbons (Fsp3) is 0.333. The number of fused-ring (bicyclic) bond motifs is 1. The molecule has 29 heavy (non-hydrogen) atoms. The van der Waals surface area contributed by atoms with Crippen molar-refractivity contribution in [3.8, 4) is 23.0 Å². The summed E-state index contributed by atoms with van der Waals surface area (Å²) in [5.41, 5.74) is 1.59. The molecule has 2 aromatic carbocycles. The number of nitrogens with one attached hydrogen (secondary N) is 1. The smallest absolute Gasteiger partial charge is 0.231 e. The van der Waals surface area contributed by atoms with Gasteiger partial charge in [-0.05, 0) is 29.8 Å². The Labute approximate surface area is 168 Å². The predicted octanol–water partition coefficient (Wildman–Crippen LogP) is 2.10. The average Bonchev–Trinajstić information content (AvgIpc) is 3.37. The summed E-state index contributed by atoms with van der Waals surface area (Å²) < 4.78 is 21.2. The molecule has 2 heterocycles. The van der Waals surface area contributed by atoms with Gasteiger partial charge in [0.2, 0.25) is 18.6 Å². The lowest BCUT2D eigenvalue weighted by atomic mass is 10.1. The van der Waals surface area contributed by atoms with Gasteiger partial charge in [-0.1, -0.05) is 6.07 Å². The zero-order valence-corrected chi connectivity index (χ0v) is 16.3. The molecule has 152 valence electrons. The lowest BCUT2D eigenvalue weighted by molar-refractivity contribution is -0.126. The Balaban J connectivity index is 1.38. The van der Waals surface area contributed by atoms with Crippen molar-refractivity contribution in [1.82, 2.24) is 5.32 Å². The highest BCUT2D eigenvalue weighted by Gasteiger charge is 2.35. The molecule has 4 rings (SSSR count). The first-order valence-electron chi connectivity index (χ1n) is 9.27. The second-order valence-corrected chi connectivity index (χ2v) is 6.85. The number of anilines is 1. The third-order valence-electron chi connectivity index (χ3n) is 5.08. The molecule has 1 atom stereocenters. The lowest BCUT2D eigenvalue weighted by Gasteiger charge is -2.17. The number of hydrogen-bond donors (Lipinski definition) is 1. The summed E-state index contributed by atoms with van der Waals surface area (Å²) in [6, 6.07) is 10.8. The second-order valence-electron chi connectivity index (χ2n) is 6.85. The van der Waals surface area contributed by atoms with E-state index in [0.29, 0.717) is 41.8 Å². The topological polar surface area (TPSA) is 86.3 Å². The maximum Gasteiger partial charge on any atom is 0.231 e. The number of ether oxygens (including phenoxy) is 4. The van der Waals surface area contributed by atoms with Gasteiger partial charge in [-0.25, -0.2) is 0 Å². The van der Waals surface area contributed by atoms with E-state index in [2.05, 4.69) is 5.32 Å². The zero-order valence-electron chi connectivity index (χ0n) is 16.3. The van der Waals surface area contributed by atoms with Crippen LogP contribution < -0.4 is 29.2 Å². The van der Waals surface area contributed by atoms with Gasteiger partial charge in [-0.15, -0.1) is 0 Å². The van der Waals surface area contributed by atoms with Crippen molar-refractivity contribution in [2.24, 2.45) is 5.92 Å². The molecule has 2 aromatic rings. The normalized spacial score (nSPS) is 17.4. The molecule has 1 N–H and O–H groups in total. The quantitative estimate of drug-likeness (QED) is 0.802. The molecule has 0 aliphatic carbocycles. The highest BCUT2D eigenvalue weighted by Crippen LogP contribution is 2.37. The number of nitrogens with zero attached hydrogens (tertiary/aromatic N) is 1. The monoisotopic (exact) mass is 398 g/mol. The molecule has 0 spiro atoms. The number of methoxy groups -OCH3 is 2. The molecule has 8 nitrogen and oxygen atoms in total. The Kier molecular flexibility index (Phi) is 5.16. The Hall–Kier alpha value is -3.42. The van der Waals surface area contributed by atoms with Crippen LogP contribution in [0.3, 0.4) is 0 Å². The van der Waals surface area contributed by atoms with E-state index in [1.165, 1.54) is 0 Å². The first-order chi connectivity index (χ1) is 14.1. The van der Waals surface area contributed by atoms with Crippen LogP contribution in [-0.2, 0) is 16.1 Å². The molecule has 2 aliphatic rings. The molecule has 1 fully saturated rings. The minimum absolute atomic E-state index is 0.0878. The molecule has 1 saturated heterocycles. The maximum absolute atomic E-state index is 12.6. The van der Waals surface area contributed by atoms with Gasteiger partial charge in [0, 0.05) is 31.3 Å². The summed E-state index contributed by atoms with van der Waals surface area (Å²) in [6.45, 7) is 0.845. The van der Waals surface area contributed by atoms with Gasteiger partial charge in [0.1, 0.15) is 0 Å². The summed E-state index contributed by atoms with van der Waals surface area (Å²) in [4.78, 5) is 26.7. The lowest BCUT2D eigenvalue weighted by Crippen LogP contribution is -2.32. The van der Waals surface area contributed by atoms with Gasteiger partial charge in [0.25, 0.3) is 0 Å². The van der Waals surface area contributed by atoms with Crippen molar-refractivity contribution in [3.05, 3.63) is 42.0 Å². The number of amides is 2. The van der Waals surface area contributed by atoms with Crippen molar-refractivity contribution >= 4 is 17.5 Å². The first-order valence-corrected chi connectivity index (χ1v) is 9.27. The van der Waals surface area contributed by atoms with Crippen LogP contribution >= 0.6 is 0 Å².